The van der Waals surface area contributed by atoms with Crippen LogP contribution in [0, 0.1) is 0 Å². The van der Waals surface area contributed by atoms with Gasteiger partial charge >= 0.3 is 5.97 Å². The van der Waals surface area contributed by atoms with E-state index in [1.807, 2.05) is 0 Å². The van der Waals surface area contributed by atoms with E-state index in [1.165, 1.54) is 6.07 Å². The zero-order valence-corrected chi connectivity index (χ0v) is 11.5. The van der Waals surface area contributed by atoms with Gasteiger partial charge in [-0.05, 0) is 31.4 Å². The van der Waals surface area contributed by atoms with Crippen LogP contribution in [0.1, 0.15) is 36.0 Å². The number of esters is 1. The first-order chi connectivity index (χ1) is 10.1. The van der Waals surface area contributed by atoms with Gasteiger partial charge in [0.2, 0.25) is 0 Å². The van der Waals surface area contributed by atoms with Crippen LogP contribution in [0.3, 0.4) is 0 Å². The van der Waals surface area contributed by atoms with Crippen LogP contribution in [0.5, 0.6) is 5.75 Å². The minimum absolute atomic E-state index is 0.0489. The number of amides is 1. The molecule has 2 N–H and O–H groups in total. The van der Waals surface area contributed by atoms with E-state index in [2.05, 4.69) is 0 Å². The van der Waals surface area contributed by atoms with E-state index in [0.29, 0.717) is 12.8 Å². The van der Waals surface area contributed by atoms with E-state index in [0.717, 1.165) is 12.8 Å². The van der Waals surface area contributed by atoms with E-state index < -0.39 is 18.0 Å². The lowest BCUT2D eigenvalue weighted by atomic mass is 9.96. The Kier molecular flexibility index (Phi) is 4.92. The Hall–Kier alpha value is -2.37. The van der Waals surface area contributed by atoms with Crippen molar-refractivity contribution in [3.05, 3.63) is 29.8 Å². The molecule has 1 aromatic rings. The Labute approximate surface area is 122 Å². The molecular weight excluding hydrogens is 274 g/mol. The first-order valence-corrected chi connectivity index (χ1v) is 6.82. The summed E-state index contributed by atoms with van der Waals surface area (Å²) in [4.78, 5) is 34.5. The highest BCUT2D eigenvalue weighted by Gasteiger charge is 2.26. The zero-order chi connectivity index (χ0) is 15.2. The normalized spacial score (nSPS) is 18.1. The fourth-order valence-corrected chi connectivity index (χ4v) is 2.20. The van der Waals surface area contributed by atoms with Crippen LogP contribution in [-0.4, -0.2) is 30.4 Å². The fourth-order valence-electron chi connectivity index (χ4n) is 2.20. The van der Waals surface area contributed by atoms with Gasteiger partial charge in [0.25, 0.3) is 5.91 Å². The van der Waals surface area contributed by atoms with Crippen molar-refractivity contribution in [1.82, 2.24) is 0 Å². The summed E-state index contributed by atoms with van der Waals surface area (Å²) in [5, 5.41) is 0. The smallest absolute Gasteiger partial charge is 0.344 e. The maximum absolute atomic E-state index is 11.7. The molecule has 0 unspecified atom stereocenters. The van der Waals surface area contributed by atoms with Crippen LogP contribution in [0.2, 0.25) is 0 Å². The topological polar surface area (TPSA) is 95.7 Å². The highest BCUT2D eigenvalue weighted by atomic mass is 16.6. The van der Waals surface area contributed by atoms with Crippen molar-refractivity contribution in [2.45, 2.75) is 31.8 Å². The molecule has 1 saturated carbocycles. The summed E-state index contributed by atoms with van der Waals surface area (Å²) >= 11 is 0. The van der Waals surface area contributed by atoms with Crippen molar-refractivity contribution in [3.63, 3.8) is 0 Å². The van der Waals surface area contributed by atoms with E-state index in [4.69, 9.17) is 15.2 Å². The van der Waals surface area contributed by atoms with Crippen LogP contribution in [-0.2, 0) is 14.3 Å². The number of carbonyl (C=O) groups is 3. The molecule has 1 aliphatic carbocycles. The standard InChI is InChI=1S/C15H17NO5/c16-15(19)10-5-1-3-7-12(10)20-9-14(18)21-13-8-4-2-6-11(13)17/h1,3,5,7,13H,2,4,6,8-9H2,(H2,16,19)/t13-/m0/s1. The van der Waals surface area contributed by atoms with E-state index in [1.54, 1.807) is 18.2 Å². The SMILES string of the molecule is NC(=O)c1ccccc1OCC(=O)O[C@H]1CCCCC1=O. The van der Waals surface area contributed by atoms with Gasteiger partial charge in [0.1, 0.15) is 5.75 Å². The second-order valence-electron chi connectivity index (χ2n) is 4.84. The second kappa shape index (κ2) is 6.88. The van der Waals surface area contributed by atoms with Gasteiger partial charge in [-0.15, -0.1) is 0 Å². The van der Waals surface area contributed by atoms with Gasteiger partial charge < -0.3 is 15.2 Å². The third-order valence-corrected chi connectivity index (χ3v) is 3.27. The van der Waals surface area contributed by atoms with E-state index in [9.17, 15) is 14.4 Å². The fraction of sp³-hybridized carbons (Fsp3) is 0.400. The molecule has 2 rings (SSSR count). The van der Waals surface area contributed by atoms with Gasteiger partial charge in [0, 0.05) is 6.42 Å². The van der Waals surface area contributed by atoms with Crippen LogP contribution in [0.15, 0.2) is 24.3 Å². The van der Waals surface area contributed by atoms with Crippen molar-refractivity contribution in [3.8, 4) is 5.75 Å². The van der Waals surface area contributed by atoms with Crippen molar-refractivity contribution in [2.75, 3.05) is 6.61 Å². The lowest BCUT2D eigenvalue weighted by Gasteiger charge is -2.20. The largest absolute Gasteiger partial charge is 0.481 e. The summed E-state index contributed by atoms with van der Waals surface area (Å²) in [5.41, 5.74) is 5.40. The Morgan fingerprint density at radius 1 is 1.24 bits per heavy atom. The molecule has 1 amide bonds. The summed E-state index contributed by atoms with van der Waals surface area (Å²) in [7, 11) is 0. The van der Waals surface area contributed by atoms with Crippen LogP contribution < -0.4 is 10.5 Å². The summed E-state index contributed by atoms with van der Waals surface area (Å²) in [6, 6.07) is 6.36. The number of para-hydroxylation sites is 1. The molecule has 21 heavy (non-hydrogen) atoms. The average molecular weight is 291 g/mol. The molecule has 1 atom stereocenters. The Bertz CT molecular complexity index is 555. The number of hydrogen-bond acceptors (Lipinski definition) is 5. The zero-order valence-electron chi connectivity index (χ0n) is 11.5. The summed E-state index contributed by atoms with van der Waals surface area (Å²) in [6.45, 7) is -0.367. The molecule has 0 spiro atoms. The Morgan fingerprint density at radius 2 is 2.00 bits per heavy atom. The molecule has 6 nitrogen and oxygen atoms in total. The minimum Gasteiger partial charge on any atom is -0.481 e. The maximum atomic E-state index is 11.7. The highest BCUT2D eigenvalue weighted by Crippen LogP contribution is 2.19. The van der Waals surface area contributed by atoms with Crippen molar-refractivity contribution >= 4 is 17.7 Å². The van der Waals surface area contributed by atoms with Gasteiger partial charge in [-0.1, -0.05) is 12.1 Å². The molecule has 0 aromatic heterocycles. The summed E-state index contributed by atoms with van der Waals surface area (Å²) in [6.07, 6.45) is 2.05. The number of benzene rings is 1. The number of carbonyl (C=O) groups excluding carboxylic acids is 3. The number of primary amides is 1. The predicted octanol–water partition coefficient (Wildman–Crippen LogP) is 1.22. The van der Waals surface area contributed by atoms with Crippen molar-refractivity contribution < 1.29 is 23.9 Å². The van der Waals surface area contributed by atoms with E-state index >= 15 is 0 Å². The van der Waals surface area contributed by atoms with Gasteiger partial charge in [0.05, 0.1) is 5.56 Å². The predicted molar refractivity (Wildman–Crippen MR) is 73.8 cm³/mol. The maximum Gasteiger partial charge on any atom is 0.344 e. The molecule has 0 aliphatic heterocycles. The molecule has 112 valence electrons. The van der Waals surface area contributed by atoms with E-state index in [-0.39, 0.29) is 23.7 Å². The molecule has 0 heterocycles. The van der Waals surface area contributed by atoms with Crippen LogP contribution in [0.25, 0.3) is 0 Å². The quantitative estimate of drug-likeness (QED) is 0.823. The molecule has 0 bridgehead atoms. The lowest BCUT2D eigenvalue weighted by molar-refractivity contribution is -0.158. The van der Waals surface area contributed by atoms with Gasteiger partial charge in [-0.3, -0.25) is 9.59 Å². The highest BCUT2D eigenvalue weighted by molar-refractivity contribution is 5.95. The van der Waals surface area contributed by atoms with Gasteiger partial charge in [-0.25, -0.2) is 4.79 Å². The molecule has 6 heteroatoms. The minimum atomic E-state index is -0.666. The number of rotatable bonds is 5. The van der Waals surface area contributed by atoms with Crippen LogP contribution >= 0.6 is 0 Å². The summed E-state index contributed by atoms with van der Waals surface area (Å²) in [5.74, 6) is -1.10. The van der Waals surface area contributed by atoms with Crippen molar-refractivity contribution in [1.29, 1.82) is 0 Å². The Morgan fingerprint density at radius 3 is 2.71 bits per heavy atom. The molecule has 1 aromatic carbocycles. The lowest BCUT2D eigenvalue weighted by Crippen LogP contribution is -2.32. The molecule has 0 saturated heterocycles. The first-order valence-electron chi connectivity index (χ1n) is 6.82. The number of nitrogens with two attached hydrogens (primary N) is 1. The molecule has 0 radical (unpaired) electrons. The molecule has 1 aliphatic rings. The second-order valence-corrected chi connectivity index (χ2v) is 4.84. The monoisotopic (exact) mass is 291 g/mol. The molecular formula is C15H17NO5. The number of ketones is 1. The molecule has 1 fully saturated rings. The number of Topliss-reactive ketones (excluding diaryl/α,β-unsaturated/α-hetero) is 1. The average Bonchev–Trinajstić information content (AvgIpc) is 2.48. The van der Waals surface area contributed by atoms with Crippen molar-refractivity contribution in [2.24, 2.45) is 5.73 Å². The third kappa shape index (κ3) is 4.05. The van der Waals surface area contributed by atoms with Gasteiger partial charge in [0.15, 0.2) is 18.5 Å². The third-order valence-electron chi connectivity index (χ3n) is 3.27. The van der Waals surface area contributed by atoms with Crippen LogP contribution in [0.4, 0.5) is 0 Å². The number of ether oxygens (including phenoxy) is 2. The summed E-state index contributed by atoms with van der Waals surface area (Å²) < 4.78 is 10.3. The number of hydrogen-bond donors (Lipinski definition) is 1. The Balaban J connectivity index is 1.89. The van der Waals surface area contributed by atoms with Gasteiger partial charge in [-0.2, -0.15) is 0 Å². The first kappa shape index (κ1) is 15.0.